The molecule has 2 N–H and O–H groups in total. The maximum absolute atomic E-state index is 5.67. The molecule has 0 aliphatic rings. The molecule has 92 valence electrons. The van der Waals surface area contributed by atoms with Crippen LogP contribution in [0, 0.1) is 0 Å². The minimum atomic E-state index is 0.376. The van der Waals surface area contributed by atoms with Gasteiger partial charge >= 0.3 is 0 Å². The smallest absolute Gasteiger partial charge is 0.216 e. The molecule has 1 aromatic carbocycles. The molecule has 0 amide bonds. The third-order valence-electron chi connectivity index (χ3n) is 2.79. The summed E-state index contributed by atoms with van der Waals surface area (Å²) in [5, 5.41) is 10.2. The van der Waals surface area contributed by atoms with Crippen LogP contribution in [0.15, 0.2) is 29.6 Å². The standard InChI is InChI=1S/C12H12N4OS/c1-17-9-4-2-8(3-5-9)10-7-18-12-15-14-11(6-13)16(10)12/h2-5,7H,6,13H2,1H3. The molecule has 0 spiro atoms. The quantitative estimate of drug-likeness (QED) is 0.781. The minimum absolute atomic E-state index is 0.376. The van der Waals surface area contributed by atoms with E-state index in [9.17, 15) is 0 Å². The fourth-order valence-corrected chi connectivity index (χ4v) is 2.73. The Morgan fingerprint density at radius 2 is 2.06 bits per heavy atom. The largest absolute Gasteiger partial charge is 0.497 e. The molecule has 6 heteroatoms. The summed E-state index contributed by atoms with van der Waals surface area (Å²) in [6.07, 6.45) is 0. The first-order valence-electron chi connectivity index (χ1n) is 5.49. The van der Waals surface area contributed by atoms with E-state index >= 15 is 0 Å². The maximum Gasteiger partial charge on any atom is 0.216 e. The van der Waals surface area contributed by atoms with Crippen LogP contribution in [-0.4, -0.2) is 21.7 Å². The number of rotatable bonds is 3. The van der Waals surface area contributed by atoms with Gasteiger partial charge in [0.2, 0.25) is 4.96 Å². The Balaban J connectivity index is 2.14. The highest BCUT2D eigenvalue weighted by atomic mass is 32.1. The molecule has 0 bridgehead atoms. The Hall–Kier alpha value is -1.92. The van der Waals surface area contributed by atoms with Gasteiger partial charge in [-0.2, -0.15) is 0 Å². The van der Waals surface area contributed by atoms with Crippen molar-refractivity contribution in [2.45, 2.75) is 6.54 Å². The van der Waals surface area contributed by atoms with Gasteiger partial charge in [-0.3, -0.25) is 4.40 Å². The molecule has 2 aromatic heterocycles. The summed E-state index contributed by atoms with van der Waals surface area (Å²) in [5.74, 6) is 1.62. The van der Waals surface area contributed by atoms with Crippen molar-refractivity contribution in [1.29, 1.82) is 0 Å². The molecule has 0 unspecified atom stereocenters. The van der Waals surface area contributed by atoms with Gasteiger partial charge in [-0.1, -0.05) is 0 Å². The lowest BCUT2D eigenvalue weighted by Gasteiger charge is -2.03. The summed E-state index contributed by atoms with van der Waals surface area (Å²) in [4.78, 5) is 0.862. The summed E-state index contributed by atoms with van der Waals surface area (Å²) < 4.78 is 7.15. The highest BCUT2D eigenvalue weighted by Gasteiger charge is 2.12. The number of benzene rings is 1. The number of nitrogens with two attached hydrogens (primary N) is 1. The molecule has 0 aliphatic heterocycles. The van der Waals surface area contributed by atoms with Crippen LogP contribution in [0.5, 0.6) is 5.75 Å². The van der Waals surface area contributed by atoms with E-state index in [1.807, 2.05) is 28.7 Å². The molecule has 2 heterocycles. The summed E-state index contributed by atoms with van der Waals surface area (Å²) in [6, 6.07) is 7.90. The molecule has 0 atom stereocenters. The highest BCUT2D eigenvalue weighted by molar-refractivity contribution is 7.15. The van der Waals surface area contributed by atoms with E-state index in [1.54, 1.807) is 18.4 Å². The fraction of sp³-hybridized carbons (Fsp3) is 0.167. The van der Waals surface area contributed by atoms with Gasteiger partial charge in [0.15, 0.2) is 5.82 Å². The van der Waals surface area contributed by atoms with Crippen LogP contribution in [0.25, 0.3) is 16.2 Å². The molecule has 3 rings (SSSR count). The van der Waals surface area contributed by atoms with Crippen LogP contribution in [0.4, 0.5) is 0 Å². The van der Waals surface area contributed by atoms with Crippen molar-refractivity contribution in [1.82, 2.24) is 14.6 Å². The van der Waals surface area contributed by atoms with Crippen LogP contribution in [0.2, 0.25) is 0 Å². The molecule has 0 saturated heterocycles. The van der Waals surface area contributed by atoms with Crippen LogP contribution in [0.3, 0.4) is 0 Å². The molecule has 3 aromatic rings. The second kappa shape index (κ2) is 4.40. The van der Waals surface area contributed by atoms with E-state index in [0.29, 0.717) is 6.54 Å². The van der Waals surface area contributed by atoms with Crippen molar-refractivity contribution in [2.24, 2.45) is 5.73 Å². The van der Waals surface area contributed by atoms with Crippen molar-refractivity contribution in [2.75, 3.05) is 7.11 Å². The molecule has 0 radical (unpaired) electrons. The lowest BCUT2D eigenvalue weighted by molar-refractivity contribution is 0.415. The van der Waals surface area contributed by atoms with E-state index in [2.05, 4.69) is 15.6 Å². The second-order valence-electron chi connectivity index (χ2n) is 3.79. The predicted molar refractivity (Wildman–Crippen MR) is 70.7 cm³/mol. The number of hydrogen-bond acceptors (Lipinski definition) is 5. The van der Waals surface area contributed by atoms with Crippen molar-refractivity contribution < 1.29 is 4.74 Å². The SMILES string of the molecule is COc1ccc(-c2csc3nnc(CN)n23)cc1. The predicted octanol–water partition coefficient (Wildman–Crippen LogP) is 1.93. The normalized spacial score (nSPS) is 11.0. The van der Waals surface area contributed by atoms with E-state index in [4.69, 9.17) is 10.5 Å². The second-order valence-corrected chi connectivity index (χ2v) is 4.62. The molecular weight excluding hydrogens is 248 g/mol. The zero-order valence-corrected chi connectivity index (χ0v) is 10.6. The van der Waals surface area contributed by atoms with Gasteiger partial charge in [-0.15, -0.1) is 21.5 Å². The Morgan fingerprint density at radius 3 is 2.72 bits per heavy atom. The molecule has 0 saturated carbocycles. The van der Waals surface area contributed by atoms with Gasteiger partial charge < -0.3 is 10.5 Å². The third-order valence-corrected chi connectivity index (χ3v) is 3.60. The van der Waals surface area contributed by atoms with Crippen LogP contribution in [-0.2, 0) is 6.54 Å². The number of aromatic nitrogens is 3. The zero-order chi connectivity index (χ0) is 12.5. The summed E-state index contributed by atoms with van der Waals surface area (Å²) in [5.41, 5.74) is 7.83. The van der Waals surface area contributed by atoms with E-state index in [1.165, 1.54) is 0 Å². The molecule has 18 heavy (non-hydrogen) atoms. The lowest BCUT2D eigenvalue weighted by atomic mass is 10.1. The minimum Gasteiger partial charge on any atom is -0.497 e. The van der Waals surface area contributed by atoms with E-state index < -0.39 is 0 Å². The van der Waals surface area contributed by atoms with Gasteiger partial charge in [0.05, 0.1) is 19.3 Å². The summed E-state index contributed by atoms with van der Waals surface area (Å²) in [7, 11) is 1.66. The van der Waals surface area contributed by atoms with Gasteiger partial charge in [0.1, 0.15) is 5.75 Å². The van der Waals surface area contributed by atoms with Gasteiger partial charge in [-0.05, 0) is 29.8 Å². The summed E-state index contributed by atoms with van der Waals surface area (Å²) >= 11 is 1.56. The van der Waals surface area contributed by atoms with E-state index in [-0.39, 0.29) is 0 Å². The van der Waals surface area contributed by atoms with Crippen molar-refractivity contribution in [3.8, 4) is 17.0 Å². The molecule has 5 nitrogen and oxygen atoms in total. The number of nitrogens with zero attached hydrogens (tertiary/aromatic N) is 3. The number of fused-ring (bicyclic) bond motifs is 1. The average Bonchev–Trinajstić information content (AvgIpc) is 3.00. The monoisotopic (exact) mass is 260 g/mol. The van der Waals surface area contributed by atoms with Crippen molar-refractivity contribution >= 4 is 16.3 Å². The Labute approximate surface area is 108 Å². The van der Waals surface area contributed by atoms with Crippen molar-refractivity contribution in [3.63, 3.8) is 0 Å². The Kier molecular flexibility index (Phi) is 2.73. The molecule has 0 fully saturated rings. The van der Waals surface area contributed by atoms with Crippen LogP contribution in [0.1, 0.15) is 5.82 Å². The average molecular weight is 260 g/mol. The van der Waals surface area contributed by atoms with Gasteiger partial charge in [0, 0.05) is 5.38 Å². The first-order valence-corrected chi connectivity index (χ1v) is 6.37. The number of thiazole rings is 1. The molecular formula is C12H12N4OS. The number of methoxy groups -OCH3 is 1. The first kappa shape index (κ1) is 11.2. The summed E-state index contributed by atoms with van der Waals surface area (Å²) in [6.45, 7) is 0.376. The zero-order valence-electron chi connectivity index (χ0n) is 9.83. The van der Waals surface area contributed by atoms with Crippen LogP contribution < -0.4 is 10.5 Å². The first-order chi connectivity index (χ1) is 8.83. The third kappa shape index (κ3) is 1.66. The number of hydrogen-bond donors (Lipinski definition) is 1. The van der Waals surface area contributed by atoms with Gasteiger partial charge in [-0.25, -0.2) is 0 Å². The number of ether oxygens (including phenoxy) is 1. The maximum atomic E-state index is 5.67. The molecule has 0 aliphatic carbocycles. The highest BCUT2D eigenvalue weighted by Crippen LogP contribution is 2.27. The lowest BCUT2D eigenvalue weighted by Crippen LogP contribution is -2.02. The Morgan fingerprint density at radius 1 is 1.28 bits per heavy atom. The topological polar surface area (TPSA) is 65.4 Å². The van der Waals surface area contributed by atoms with Gasteiger partial charge in [0.25, 0.3) is 0 Å². The van der Waals surface area contributed by atoms with Crippen LogP contribution >= 0.6 is 11.3 Å². The Bertz CT molecular complexity index is 671. The van der Waals surface area contributed by atoms with Crippen molar-refractivity contribution in [3.05, 3.63) is 35.5 Å². The fourth-order valence-electron chi connectivity index (χ4n) is 1.87. The van der Waals surface area contributed by atoms with E-state index in [0.717, 1.165) is 27.8 Å².